The lowest BCUT2D eigenvalue weighted by atomic mass is 9.92. The van der Waals surface area contributed by atoms with Crippen molar-refractivity contribution in [3.63, 3.8) is 0 Å². The summed E-state index contributed by atoms with van der Waals surface area (Å²) in [5, 5.41) is 3.26. The molecule has 0 spiro atoms. The molecule has 1 fully saturated rings. The van der Waals surface area contributed by atoms with Gasteiger partial charge in [-0.2, -0.15) is 0 Å². The monoisotopic (exact) mass is 217 g/mol. The fourth-order valence-electron chi connectivity index (χ4n) is 2.13. The third-order valence-corrected chi connectivity index (χ3v) is 3.09. The molecule has 1 aliphatic heterocycles. The van der Waals surface area contributed by atoms with Crippen molar-refractivity contribution in [2.24, 2.45) is 5.92 Å². The highest BCUT2D eigenvalue weighted by Crippen LogP contribution is 2.21. The van der Waals surface area contributed by atoms with Crippen LogP contribution in [0, 0.1) is 5.92 Å². The van der Waals surface area contributed by atoms with E-state index in [4.69, 9.17) is 14.2 Å². The zero-order valence-corrected chi connectivity index (χ0v) is 9.99. The minimum atomic E-state index is -0.155. The SMILES string of the molecule is CNC(CC1CCOCC1)C(OC)OC. The smallest absolute Gasteiger partial charge is 0.171 e. The molecule has 1 N–H and O–H groups in total. The minimum absolute atomic E-state index is 0.155. The number of rotatable bonds is 6. The molecule has 0 aromatic rings. The number of ether oxygens (including phenoxy) is 3. The summed E-state index contributed by atoms with van der Waals surface area (Å²) < 4.78 is 15.9. The molecule has 1 saturated heterocycles. The van der Waals surface area contributed by atoms with Gasteiger partial charge in [0.1, 0.15) is 0 Å². The largest absolute Gasteiger partial charge is 0.381 e. The van der Waals surface area contributed by atoms with Gasteiger partial charge in [-0.3, -0.25) is 0 Å². The van der Waals surface area contributed by atoms with E-state index in [1.807, 2.05) is 7.05 Å². The van der Waals surface area contributed by atoms with Gasteiger partial charge in [0, 0.05) is 27.4 Å². The second-order valence-electron chi connectivity index (χ2n) is 4.03. The average Bonchev–Trinajstić information content (AvgIpc) is 2.30. The Kier molecular flexibility index (Phi) is 6.17. The highest BCUT2D eigenvalue weighted by molar-refractivity contribution is 4.75. The Bertz CT molecular complexity index is 156. The number of methoxy groups -OCH3 is 2. The molecule has 90 valence electrons. The highest BCUT2D eigenvalue weighted by Gasteiger charge is 2.24. The lowest BCUT2D eigenvalue weighted by molar-refractivity contribution is -0.126. The third-order valence-electron chi connectivity index (χ3n) is 3.09. The molecule has 1 unspecified atom stereocenters. The van der Waals surface area contributed by atoms with Crippen LogP contribution in [0.4, 0.5) is 0 Å². The molecule has 0 radical (unpaired) electrons. The van der Waals surface area contributed by atoms with E-state index in [2.05, 4.69) is 5.32 Å². The first-order chi connectivity index (χ1) is 7.31. The van der Waals surface area contributed by atoms with E-state index < -0.39 is 0 Å². The molecule has 0 aromatic carbocycles. The van der Waals surface area contributed by atoms with Crippen molar-refractivity contribution in [2.75, 3.05) is 34.5 Å². The van der Waals surface area contributed by atoms with Crippen molar-refractivity contribution in [3.8, 4) is 0 Å². The second kappa shape index (κ2) is 7.17. The lowest BCUT2D eigenvalue weighted by Crippen LogP contribution is -2.42. The molecule has 1 rings (SSSR count). The van der Waals surface area contributed by atoms with E-state index in [0.717, 1.165) is 38.4 Å². The maximum Gasteiger partial charge on any atom is 0.171 e. The van der Waals surface area contributed by atoms with Gasteiger partial charge in [-0.05, 0) is 32.2 Å². The van der Waals surface area contributed by atoms with Gasteiger partial charge in [-0.15, -0.1) is 0 Å². The van der Waals surface area contributed by atoms with E-state index in [1.54, 1.807) is 14.2 Å². The predicted molar refractivity (Wildman–Crippen MR) is 58.8 cm³/mol. The Morgan fingerprint density at radius 1 is 1.27 bits per heavy atom. The van der Waals surface area contributed by atoms with E-state index in [9.17, 15) is 0 Å². The molecular weight excluding hydrogens is 194 g/mol. The van der Waals surface area contributed by atoms with Crippen LogP contribution in [-0.2, 0) is 14.2 Å². The molecule has 0 saturated carbocycles. The van der Waals surface area contributed by atoms with Crippen LogP contribution in [0.2, 0.25) is 0 Å². The summed E-state index contributed by atoms with van der Waals surface area (Å²) in [7, 11) is 5.32. The topological polar surface area (TPSA) is 39.7 Å². The van der Waals surface area contributed by atoms with Gasteiger partial charge in [0.25, 0.3) is 0 Å². The Morgan fingerprint density at radius 3 is 2.33 bits per heavy atom. The summed E-state index contributed by atoms with van der Waals surface area (Å²) in [5.41, 5.74) is 0. The van der Waals surface area contributed by atoms with Crippen LogP contribution in [0.15, 0.2) is 0 Å². The first kappa shape index (κ1) is 12.9. The van der Waals surface area contributed by atoms with Crippen molar-refractivity contribution in [3.05, 3.63) is 0 Å². The predicted octanol–water partition coefficient (Wildman–Crippen LogP) is 1.01. The van der Waals surface area contributed by atoms with Crippen LogP contribution in [0.3, 0.4) is 0 Å². The van der Waals surface area contributed by atoms with Crippen molar-refractivity contribution in [1.82, 2.24) is 5.32 Å². The summed E-state index contributed by atoms with van der Waals surface area (Å²) in [5.74, 6) is 0.726. The van der Waals surface area contributed by atoms with Crippen molar-refractivity contribution in [2.45, 2.75) is 31.6 Å². The molecule has 4 nitrogen and oxygen atoms in total. The van der Waals surface area contributed by atoms with Crippen LogP contribution in [0.5, 0.6) is 0 Å². The number of likely N-dealkylation sites (N-methyl/N-ethyl adjacent to an activating group) is 1. The van der Waals surface area contributed by atoms with Gasteiger partial charge in [-0.25, -0.2) is 0 Å². The highest BCUT2D eigenvalue weighted by atomic mass is 16.7. The van der Waals surface area contributed by atoms with E-state index >= 15 is 0 Å². The minimum Gasteiger partial charge on any atom is -0.381 e. The maximum atomic E-state index is 5.35. The Labute approximate surface area is 92.3 Å². The summed E-state index contributed by atoms with van der Waals surface area (Å²) in [6.07, 6.45) is 3.24. The maximum absolute atomic E-state index is 5.35. The number of nitrogens with one attached hydrogen (secondary N) is 1. The van der Waals surface area contributed by atoms with Gasteiger partial charge in [-0.1, -0.05) is 0 Å². The summed E-state index contributed by atoms with van der Waals surface area (Å²) in [4.78, 5) is 0. The van der Waals surface area contributed by atoms with Crippen LogP contribution in [0.1, 0.15) is 19.3 Å². The zero-order chi connectivity index (χ0) is 11.1. The van der Waals surface area contributed by atoms with Crippen molar-refractivity contribution in [1.29, 1.82) is 0 Å². The average molecular weight is 217 g/mol. The molecular formula is C11H23NO3. The van der Waals surface area contributed by atoms with Crippen molar-refractivity contribution < 1.29 is 14.2 Å². The summed E-state index contributed by atoms with van der Waals surface area (Å²) >= 11 is 0. The van der Waals surface area contributed by atoms with Crippen LogP contribution in [0.25, 0.3) is 0 Å². The molecule has 0 amide bonds. The molecule has 0 aromatic heterocycles. The number of hydrogen-bond acceptors (Lipinski definition) is 4. The molecule has 0 aliphatic carbocycles. The fourth-order valence-corrected chi connectivity index (χ4v) is 2.13. The first-order valence-corrected chi connectivity index (χ1v) is 5.62. The second-order valence-corrected chi connectivity index (χ2v) is 4.03. The molecule has 1 aliphatic rings. The van der Waals surface area contributed by atoms with Gasteiger partial charge in [0.2, 0.25) is 0 Å². The van der Waals surface area contributed by atoms with Crippen LogP contribution in [-0.4, -0.2) is 46.8 Å². The first-order valence-electron chi connectivity index (χ1n) is 5.62. The molecule has 0 bridgehead atoms. The fraction of sp³-hybridized carbons (Fsp3) is 1.00. The van der Waals surface area contributed by atoms with Crippen LogP contribution >= 0.6 is 0 Å². The number of hydrogen-bond donors (Lipinski definition) is 1. The van der Waals surface area contributed by atoms with Gasteiger partial charge in [0.05, 0.1) is 6.04 Å². The normalized spacial score (nSPS) is 20.8. The summed E-state index contributed by atoms with van der Waals surface area (Å²) in [6, 6.07) is 0.267. The third kappa shape index (κ3) is 4.07. The van der Waals surface area contributed by atoms with Gasteiger partial charge < -0.3 is 19.5 Å². The zero-order valence-electron chi connectivity index (χ0n) is 9.99. The molecule has 1 atom stereocenters. The standard InChI is InChI=1S/C11H23NO3/c1-12-10(11(13-2)14-3)8-9-4-6-15-7-5-9/h9-12H,4-8H2,1-3H3. The van der Waals surface area contributed by atoms with E-state index in [-0.39, 0.29) is 12.3 Å². The Balaban J connectivity index is 2.36. The molecule has 4 heteroatoms. The molecule has 15 heavy (non-hydrogen) atoms. The lowest BCUT2D eigenvalue weighted by Gasteiger charge is -2.30. The summed E-state index contributed by atoms with van der Waals surface area (Å²) in [6.45, 7) is 1.79. The van der Waals surface area contributed by atoms with E-state index in [1.165, 1.54) is 0 Å². The van der Waals surface area contributed by atoms with E-state index in [0.29, 0.717) is 0 Å². The molecule has 1 heterocycles. The van der Waals surface area contributed by atoms with Crippen molar-refractivity contribution >= 4 is 0 Å². The van der Waals surface area contributed by atoms with Gasteiger partial charge >= 0.3 is 0 Å². The van der Waals surface area contributed by atoms with Gasteiger partial charge in [0.15, 0.2) is 6.29 Å². The quantitative estimate of drug-likeness (QED) is 0.674. The Hall–Kier alpha value is -0.160. The Morgan fingerprint density at radius 2 is 1.87 bits per heavy atom. The van der Waals surface area contributed by atoms with Crippen LogP contribution < -0.4 is 5.32 Å².